The highest BCUT2D eigenvalue weighted by molar-refractivity contribution is 6.14. The van der Waals surface area contributed by atoms with Gasteiger partial charge in [0.05, 0.1) is 11.3 Å². The highest BCUT2D eigenvalue weighted by atomic mass is 19.1. The van der Waals surface area contributed by atoms with E-state index in [0.29, 0.717) is 11.3 Å². The molecule has 4 rings (SSSR count). The summed E-state index contributed by atoms with van der Waals surface area (Å²) in [5.41, 5.74) is 2.32. The number of hydrogen-bond donors (Lipinski definition) is 0. The van der Waals surface area contributed by atoms with Gasteiger partial charge in [0.15, 0.2) is 0 Å². The number of hydrogen-bond acceptors (Lipinski definition) is 4. The van der Waals surface area contributed by atoms with E-state index >= 15 is 0 Å². The van der Waals surface area contributed by atoms with Gasteiger partial charge in [-0.15, -0.1) is 0 Å². The molecule has 5 nitrogen and oxygen atoms in total. The van der Waals surface area contributed by atoms with E-state index in [0.717, 1.165) is 11.3 Å². The van der Waals surface area contributed by atoms with Crippen LogP contribution in [0.2, 0.25) is 0 Å². The summed E-state index contributed by atoms with van der Waals surface area (Å²) in [5, 5.41) is 14.2. The van der Waals surface area contributed by atoms with Crippen molar-refractivity contribution in [3.05, 3.63) is 108 Å². The smallest absolute Gasteiger partial charge is 0.206 e. The summed E-state index contributed by atoms with van der Waals surface area (Å²) in [5.74, 6) is -1.35. The van der Waals surface area contributed by atoms with Gasteiger partial charge in [-0.25, -0.2) is 9.07 Å². The minimum absolute atomic E-state index is 0.149. The average molecular weight is 394 g/mol. The van der Waals surface area contributed by atoms with Crippen LogP contribution in [0.5, 0.6) is 0 Å². The van der Waals surface area contributed by atoms with E-state index in [-0.39, 0.29) is 11.1 Å². The van der Waals surface area contributed by atoms with Gasteiger partial charge in [0.1, 0.15) is 23.2 Å². The number of carbonyl (C=O) groups is 1. The highest BCUT2D eigenvalue weighted by Gasteiger charge is 2.18. The summed E-state index contributed by atoms with van der Waals surface area (Å²) in [6, 6.07) is 20.6. The molecule has 0 radical (unpaired) electrons. The Bertz CT molecular complexity index is 1270. The summed E-state index contributed by atoms with van der Waals surface area (Å²) < 4.78 is 15.7. The molecule has 0 bridgehead atoms. The molecule has 30 heavy (non-hydrogen) atoms. The van der Waals surface area contributed by atoms with Gasteiger partial charge in [0, 0.05) is 29.7 Å². The molecule has 2 aromatic heterocycles. The second-order valence-electron chi connectivity index (χ2n) is 6.43. The topological polar surface area (TPSA) is 71.6 Å². The number of aromatic nitrogens is 3. The first-order valence-electron chi connectivity index (χ1n) is 9.14. The average Bonchev–Trinajstić information content (AvgIpc) is 3.22. The standard InChI is InChI=1S/C24H15FN4O/c25-22-11-5-4-10-21(22)24(30)18(14-26)13-19-16-29(20-8-2-1-3-9-20)28-23(19)17-7-6-12-27-15-17/h1-13,15-16H/b18-13+. The molecular weight excluding hydrogens is 379 g/mol. The maximum atomic E-state index is 14.1. The molecule has 0 aliphatic heterocycles. The number of pyridine rings is 1. The van der Waals surface area contributed by atoms with E-state index in [9.17, 15) is 14.4 Å². The van der Waals surface area contributed by atoms with Gasteiger partial charge < -0.3 is 0 Å². The summed E-state index contributed by atoms with van der Waals surface area (Å²) in [7, 11) is 0. The molecule has 2 aromatic carbocycles. The number of nitriles is 1. The van der Waals surface area contributed by atoms with Crippen LogP contribution in [-0.2, 0) is 0 Å². The maximum Gasteiger partial charge on any atom is 0.206 e. The number of Topliss-reactive ketones (excluding diaryl/α,β-unsaturated/α-hetero) is 1. The lowest BCUT2D eigenvalue weighted by Crippen LogP contribution is -2.04. The molecule has 144 valence electrons. The van der Waals surface area contributed by atoms with Crippen molar-refractivity contribution in [3.63, 3.8) is 0 Å². The van der Waals surface area contributed by atoms with E-state index in [1.165, 1.54) is 24.3 Å². The first-order chi connectivity index (χ1) is 14.7. The number of allylic oxidation sites excluding steroid dienone is 1. The van der Waals surface area contributed by atoms with Gasteiger partial charge in [-0.3, -0.25) is 9.78 Å². The number of para-hydroxylation sites is 1. The van der Waals surface area contributed by atoms with Crippen molar-refractivity contribution >= 4 is 11.9 Å². The lowest BCUT2D eigenvalue weighted by Gasteiger charge is -2.02. The third kappa shape index (κ3) is 3.77. The van der Waals surface area contributed by atoms with E-state index < -0.39 is 11.6 Å². The molecule has 0 fully saturated rings. The van der Waals surface area contributed by atoms with E-state index in [1.54, 1.807) is 35.4 Å². The van der Waals surface area contributed by atoms with Crippen molar-refractivity contribution in [2.75, 3.05) is 0 Å². The molecule has 6 heteroatoms. The minimum atomic E-state index is -0.680. The molecule has 0 spiro atoms. The molecule has 0 unspecified atom stereocenters. The summed E-state index contributed by atoms with van der Waals surface area (Å²) in [6.45, 7) is 0. The highest BCUT2D eigenvalue weighted by Crippen LogP contribution is 2.26. The molecule has 0 aliphatic carbocycles. The van der Waals surface area contributed by atoms with Crippen LogP contribution in [0.3, 0.4) is 0 Å². The van der Waals surface area contributed by atoms with E-state index in [1.807, 2.05) is 42.5 Å². The van der Waals surface area contributed by atoms with Crippen LogP contribution in [0.1, 0.15) is 15.9 Å². The molecule has 4 aromatic rings. The number of ketones is 1. The first kappa shape index (κ1) is 19.0. The molecule has 0 saturated carbocycles. The zero-order valence-corrected chi connectivity index (χ0v) is 15.7. The summed E-state index contributed by atoms with van der Waals surface area (Å²) >= 11 is 0. The Kier molecular flexibility index (Phi) is 5.27. The minimum Gasteiger partial charge on any atom is -0.288 e. The maximum absolute atomic E-state index is 14.1. The number of carbonyl (C=O) groups excluding carboxylic acids is 1. The Morgan fingerprint density at radius 3 is 2.50 bits per heavy atom. The molecular formula is C24H15FN4O. The van der Waals surface area contributed by atoms with Gasteiger partial charge >= 0.3 is 0 Å². The predicted octanol–water partition coefficient (Wildman–Crippen LogP) is 4.86. The Hall–Kier alpha value is -4.37. The third-order valence-corrected chi connectivity index (χ3v) is 4.48. The fraction of sp³-hybridized carbons (Fsp3) is 0. The van der Waals surface area contributed by atoms with Gasteiger partial charge in [-0.1, -0.05) is 30.3 Å². The van der Waals surface area contributed by atoms with Gasteiger partial charge in [0.2, 0.25) is 5.78 Å². The molecule has 0 N–H and O–H groups in total. The monoisotopic (exact) mass is 394 g/mol. The quantitative estimate of drug-likeness (QED) is 0.275. The first-order valence-corrected chi connectivity index (χ1v) is 9.14. The SMILES string of the molecule is N#C/C(=C\c1cn(-c2ccccc2)nc1-c1cccnc1)C(=O)c1ccccc1F. The van der Waals surface area contributed by atoms with Crippen LogP contribution < -0.4 is 0 Å². The lowest BCUT2D eigenvalue weighted by atomic mass is 10.0. The zero-order valence-electron chi connectivity index (χ0n) is 15.7. The normalized spacial score (nSPS) is 11.1. The lowest BCUT2D eigenvalue weighted by molar-refractivity contribution is 0.103. The van der Waals surface area contributed by atoms with Crippen LogP contribution in [0.15, 0.2) is 90.9 Å². The van der Waals surface area contributed by atoms with Crippen molar-refractivity contribution in [1.29, 1.82) is 5.26 Å². The second kappa shape index (κ2) is 8.33. The van der Waals surface area contributed by atoms with Gasteiger partial charge in [-0.05, 0) is 42.5 Å². The summed E-state index contributed by atoms with van der Waals surface area (Å²) in [4.78, 5) is 16.9. The van der Waals surface area contributed by atoms with Crippen molar-refractivity contribution < 1.29 is 9.18 Å². The van der Waals surface area contributed by atoms with Crippen molar-refractivity contribution in [1.82, 2.24) is 14.8 Å². The van der Waals surface area contributed by atoms with Crippen LogP contribution in [0, 0.1) is 17.1 Å². The van der Waals surface area contributed by atoms with Gasteiger partial charge in [0.25, 0.3) is 0 Å². The fourth-order valence-corrected chi connectivity index (χ4v) is 3.03. The molecule has 0 saturated heterocycles. The number of halogens is 1. The van der Waals surface area contributed by atoms with Gasteiger partial charge in [-0.2, -0.15) is 10.4 Å². The Morgan fingerprint density at radius 1 is 1.03 bits per heavy atom. The molecule has 0 atom stereocenters. The van der Waals surface area contributed by atoms with Crippen LogP contribution in [0.4, 0.5) is 4.39 Å². The van der Waals surface area contributed by atoms with Crippen LogP contribution in [-0.4, -0.2) is 20.5 Å². The fourth-order valence-electron chi connectivity index (χ4n) is 3.03. The van der Waals surface area contributed by atoms with Crippen molar-refractivity contribution in [3.8, 4) is 23.0 Å². The van der Waals surface area contributed by atoms with E-state index in [2.05, 4.69) is 10.1 Å². The molecule has 2 heterocycles. The predicted molar refractivity (Wildman–Crippen MR) is 111 cm³/mol. The molecule has 0 amide bonds. The number of benzene rings is 2. The Morgan fingerprint density at radius 2 is 1.80 bits per heavy atom. The largest absolute Gasteiger partial charge is 0.288 e. The Labute approximate surface area is 172 Å². The third-order valence-electron chi connectivity index (χ3n) is 4.48. The van der Waals surface area contributed by atoms with E-state index in [4.69, 9.17) is 0 Å². The Balaban J connectivity index is 1.84. The van der Waals surface area contributed by atoms with Crippen LogP contribution in [0.25, 0.3) is 23.0 Å². The molecule has 0 aliphatic rings. The second-order valence-corrected chi connectivity index (χ2v) is 6.43. The number of nitrogens with zero attached hydrogens (tertiary/aromatic N) is 4. The van der Waals surface area contributed by atoms with Crippen molar-refractivity contribution in [2.24, 2.45) is 0 Å². The zero-order chi connectivity index (χ0) is 20.9. The number of rotatable bonds is 5. The summed E-state index contributed by atoms with van der Waals surface area (Å²) in [6.07, 6.45) is 6.46. The van der Waals surface area contributed by atoms with Crippen molar-refractivity contribution in [2.45, 2.75) is 0 Å². The van der Waals surface area contributed by atoms with Crippen LogP contribution >= 0.6 is 0 Å².